The van der Waals surface area contributed by atoms with Crippen molar-refractivity contribution in [1.29, 1.82) is 0 Å². The fourth-order valence-electron chi connectivity index (χ4n) is 2.96. The lowest BCUT2D eigenvalue weighted by molar-refractivity contribution is -0.384. The van der Waals surface area contributed by atoms with Gasteiger partial charge in [-0.25, -0.2) is 0 Å². The van der Waals surface area contributed by atoms with E-state index in [2.05, 4.69) is 5.32 Å². The molecule has 2 fully saturated rings. The lowest BCUT2D eigenvalue weighted by Crippen LogP contribution is -2.42. The highest BCUT2D eigenvalue weighted by molar-refractivity contribution is 5.38. The van der Waals surface area contributed by atoms with E-state index in [1.54, 1.807) is 12.1 Å². The molecule has 1 unspecified atom stereocenters. The Hall–Kier alpha value is -1.62. The van der Waals surface area contributed by atoms with E-state index in [1.165, 1.54) is 25.0 Å². The molecule has 2 saturated heterocycles. The van der Waals surface area contributed by atoms with Gasteiger partial charge >= 0.3 is 0 Å². The van der Waals surface area contributed by atoms with Gasteiger partial charge in [-0.15, -0.1) is 0 Å². The first-order chi connectivity index (χ1) is 8.70. The van der Waals surface area contributed by atoms with Crippen molar-refractivity contribution in [2.75, 3.05) is 0 Å². The molecule has 5 nitrogen and oxygen atoms in total. The van der Waals surface area contributed by atoms with Crippen LogP contribution in [0.1, 0.15) is 25.7 Å². The van der Waals surface area contributed by atoms with Gasteiger partial charge in [-0.2, -0.15) is 0 Å². The summed E-state index contributed by atoms with van der Waals surface area (Å²) in [5.41, 5.74) is 0.0874. The fraction of sp³-hybridized carbons (Fsp3) is 0.538. The number of nitro groups is 1. The Morgan fingerprint density at radius 3 is 2.67 bits per heavy atom. The predicted octanol–water partition coefficient (Wildman–Crippen LogP) is 2.26. The second-order valence-corrected chi connectivity index (χ2v) is 5.10. The summed E-state index contributed by atoms with van der Waals surface area (Å²) in [6, 6.07) is 7.57. The lowest BCUT2D eigenvalue weighted by Gasteiger charge is -2.29. The maximum atomic E-state index is 10.7. The Balaban J connectivity index is 1.69. The largest absolute Gasteiger partial charge is 0.490 e. The molecule has 96 valence electrons. The number of nitro benzene ring substituents is 1. The minimum absolute atomic E-state index is 0.0874. The number of benzene rings is 1. The predicted molar refractivity (Wildman–Crippen MR) is 66.7 cm³/mol. The molecule has 3 atom stereocenters. The third-order valence-corrected chi connectivity index (χ3v) is 3.76. The number of nitrogens with one attached hydrogen (secondary N) is 1. The van der Waals surface area contributed by atoms with Crippen LogP contribution in [0.3, 0.4) is 0 Å². The van der Waals surface area contributed by atoms with Crippen LogP contribution in [-0.4, -0.2) is 23.1 Å². The molecule has 0 aromatic heterocycles. The van der Waals surface area contributed by atoms with Crippen LogP contribution in [0.2, 0.25) is 0 Å². The average Bonchev–Trinajstić information content (AvgIpc) is 2.69. The Labute approximate surface area is 105 Å². The van der Waals surface area contributed by atoms with Crippen molar-refractivity contribution in [2.24, 2.45) is 0 Å². The zero-order valence-corrected chi connectivity index (χ0v) is 10.0. The molecule has 18 heavy (non-hydrogen) atoms. The van der Waals surface area contributed by atoms with Gasteiger partial charge in [0.2, 0.25) is 0 Å². The summed E-state index contributed by atoms with van der Waals surface area (Å²) in [6.45, 7) is 0. The van der Waals surface area contributed by atoms with Gasteiger partial charge in [0.15, 0.2) is 0 Å². The van der Waals surface area contributed by atoms with Gasteiger partial charge in [0.05, 0.1) is 11.0 Å². The van der Waals surface area contributed by atoms with Gasteiger partial charge in [-0.05, 0) is 31.7 Å². The van der Waals surface area contributed by atoms with Gasteiger partial charge in [0, 0.05) is 18.2 Å². The first-order valence-corrected chi connectivity index (χ1v) is 6.38. The quantitative estimate of drug-likeness (QED) is 0.658. The van der Waals surface area contributed by atoms with E-state index in [9.17, 15) is 10.1 Å². The molecule has 2 aliphatic rings. The van der Waals surface area contributed by atoms with Crippen LogP contribution in [0.25, 0.3) is 0 Å². The van der Waals surface area contributed by atoms with Crippen LogP contribution < -0.4 is 10.1 Å². The maximum Gasteiger partial charge on any atom is 0.273 e. The summed E-state index contributed by atoms with van der Waals surface area (Å²) < 4.78 is 5.88. The monoisotopic (exact) mass is 248 g/mol. The summed E-state index contributed by atoms with van der Waals surface area (Å²) in [5.74, 6) is 0.607. The summed E-state index contributed by atoms with van der Waals surface area (Å²) in [7, 11) is 0. The first kappa shape index (κ1) is 11.5. The van der Waals surface area contributed by atoms with E-state index in [4.69, 9.17) is 4.74 Å². The summed E-state index contributed by atoms with van der Waals surface area (Å²) in [6.07, 6.45) is 4.63. The molecule has 5 heteroatoms. The molecule has 0 radical (unpaired) electrons. The zero-order chi connectivity index (χ0) is 12.5. The van der Waals surface area contributed by atoms with E-state index in [0.717, 1.165) is 12.8 Å². The molecular weight excluding hydrogens is 232 g/mol. The third kappa shape index (κ3) is 2.31. The van der Waals surface area contributed by atoms with Gasteiger partial charge in [-0.1, -0.05) is 6.07 Å². The van der Waals surface area contributed by atoms with Gasteiger partial charge in [-0.3, -0.25) is 10.1 Å². The number of hydrogen-bond acceptors (Lipinski definition) is 4. The first-order valence-electron chi connectivity index (χ1n) is 6.38. The Morgan fingerprint density at radius 1 is 1.28 bits per heavy atom. The molecule has 2 bridgehead atoms. The standard InChI is InChI=1S/C13H16N2O3/c16-15(17)11-2-1-3-12(8-11)18-13-6-9-4-5-10(7-13)14-9/h1-3,8-10,13-14H,4-7H2/t9-,10+,13?. The molecule has 0 spiro atoms. The van der Waals surface area contributed by atoms with Gasteiger partial charge in [0.25, 0.3) is 5.69 Å². The van der Waals surface area contributed by atoms with Crippen LogP contribution in [0.5, 0.6) is 5.75 Å². The van der Waals surface area contributed by atoms with E-state index in [-0.39, 0.29) is 16.7 Å². The van der Waals surface area contributed by atoms with Gasteiger partial charge in [0.1, 0.15) is 11.9 Å². The topological polar surface area (TPSA) is 64.4 Å². The lowest BCUT2D eigenvalue weighted by atomic mass is 10.0. The van der Waals surface area contributed by atoms with E-state index < -0.39 is 0 Å². The SMILES string of the molecule is O=[N+]([O-])c1cccc(OC2C[C@H]3CC[C@@H](C2)N3)c1. The van der Waals surface area contributed by atoms with Crippen molar-refractivity contribution in [3.05, 3.63) is 34.4 Å². The highest BCUT2D eigenvalue weighted by Gasteiger charge is 2.34. The van der Waals surface area contributed by atoms with Crippen molar-refractivity contribution >= 4 is 5.69 Å². The molecule has 0 saturated carbocycles. The Bertz CT molecular complexity index is 451. The average molecular weight is 248 g/mol. The fourth-order valence-corrected chi connectivity index (χ4v) is 2.96. The molecule has 0 amide bonds. The third-order valence-electron chi connectivity index (χ3n) is 3.76. The smallest absolute Gasteiger partial charge is 0.273 e. The molecule has 3 rings (SSSR count). The molecule has 2 heterocycles. The van der Waals surface area contributed by atoms with Crippen molar-refractivity contribution in [3.8, 4) is 5.75 Å². The molecule has 1 aromatic rings. The van der Waals surface area contributed by atoms with Crippen molar-refractivity contribution in [2.45, 2.75) is 43.9 Å². The number of rotatable bonds is 3. The Kier molecular flexibility index (Phi) is 2.91. The van der Waals surface area contributed by atoms with Crippen LogP contribution in [-0.2, 0) is 0 Å². The number of hydrogen-bond donors (Lipinski definition) is 1. The van der Waals surface area contributed by atoms with Crippen LogP contribution in [0, 0.1) is 10.1 Å². The summed E-state index contributed by atoms with van der Waals surface area (Å²) >= 11 is 0. The molecule has 1 N–H and O–H groups in total. The summed E-state index contributed by atoms with van der Waals surface area (Å²) in [5, 5.41) is 14.2. The summed E-state index contributed by atoms with van der Waals surface area (Å²) in [4.78, 5) is 10.3. The van der Waals surface area contributed by atoms with Crippen molar-refractivity contribution < 1.29 is 9.66 Å². The number of piperidine rings is 1. The minimum Gasteiger partial charge on any atom is -0.490 e. The van der Waals surface area contributed by atoms with Crippen molar-refractivity contribution in [1.82, 2.24) is 5.32 Å². The second kappa shape index (κ2) is 4.57. The minimum atomic E-state index is -0.390. The maximum absolute atomic E-state index is 10.7. The van der Waals surface area contributed by atoms with Crippen LogP contribution in [0.15, 0.2) is 24.3 Å². The van der Waals surface area contributed by atoms with Crippen molar-refractivity contribution in [3.63, 3.8) is 0 Å². The van der Waals surface area contributed by atoms with Crippen LogP contribution in [0.4, 0.5) is 5.69 Å². The number of ether oxygens (including phenoxy) is 1. The molecule has 1 aromatic carbocycles. The molecule has 0 aliphatic carbocycles. The van der Waals surface area contributed by atoms with Crippen LogP contribution >= 0.6 is 0 Å². The second-order valence-electron chi connectivity index (χ2n) is 5.10. The highest BCUT2D eigenvalue weighted by Crippen LogP contribution is 2.30. The molecule has 2 aliphatic heterocycles. The highest BCUT2D eigenvalue weighted by atomic mass is 16.6. The number of non-ortho nitro benzene ring substituents is 1. The van der Waals surface area contributed by atoms with E-state index >= 15 is 0 Å². The van der Waals surface area contributed by atoms with E-state index in [0.29, 0.717) is 17.8 Å². The number of nitrogens with zero attached hydrogens (tertiary/aromatic N) is 1. The zero-order valence-electron chi connectivity index (χ0n) is 10.0. The Morgan fingerprint density at radius 2 is 2.00 bits per heavy atom. The normalized spacial score (nSPS) is 30.1. The number of fused-ring (bicyclic) bond motifs is 2. The van der Waals surface area contributed by atoms with Gasteiger partial charge < -0.3 is 10.1 Å². The molecular formula is C13H16N2O3. The van der Waals surface area contributed by atoms with E-state index in [1.807, 2.05) is 0 Å².